The van der Waals surface area contributed by atoms with Crippen LogP contribution in [0.5, 0.6) is 5.75 Å². The van der Waals surface area contributed by atoms with Gasteiger partial charge < -0.3 is 14.1 Å². The van der Waals surface area contributed by atoms with Crippen LogP contribution in [-0.4, -0.2) is 47.7 Å². The van der Waals surface area contributed by atoms with Crippen molar-refractivity contribution < 1.29 is 18.7 Å². The van der Waals surface area contributed by atoms with Gasteiger partial charge in [-0.25, -0.2) is 0 Å². The third kappa shape index (κ3) is 6.13. The molecule has 2 heterocycles. The Kier molecular flexibility index (Phi) is 7.94. The number of hydrogen-bond acceptors (Lipinski definition) is 5. The van der Waals surface area contributed by atoms with Crippen molar-refractivity contribution in [3.05, 3.63) is 107 Å². The number of carbonyl (C=O) groups is 2. The molecule has 1 unspecified atom stereocenters. The maximum absolute atomic E-state index is 13.2. The van der Waals surface area contributed by atoms with E-state index in [2.05, 4.69) is 29.2 Å². The van der Waals surface area contributed by atoms with Gasteiger partial charge in [0.05, 0.1) is 0 Å². The molecule has 4 aromatic rings. The number of piperazine rings is 1. The molecule has 0 spiro atoms. The smallest absolute Gasteiger partial charge is 0.246 e. The Labute approximate surface area is 229 Å². The largest absolute Gasteiger partial charge is 0.482 e. The van der Waals surface area contributed by atoms with Crippen LogP contribution >= 0.6 is 0 Å². The highest BCUT2D eigenvalue weighted by molar-refractivity contribution is 6.03. The van der Waals surface area contributed by atoms with E-state index in [0.717, 1.165) is 41.7 Å². The number of allylic oxidation sites excluding steroid dienone is 1. The van der Waals surface area contributed by atoms with E-state index >= 15 is 0 Å². The molecular formula is C33H34N2O4. The lowest BCUT2D eigenvalue weighted by Crippen LogP contribution is -2.47. The van der Waals surface area contributed by atoms with Crippen LogP contribution in [0.15, 0.2) is 89.4 Å². The third-order valence-electron chi connectivity index (χ3n) is 7.26. The lowest BCUT2D eigenvalue weighted by Gasteiger charge is -2.34. The van der Waals surface area contributed by atoms with E-state index in [0.29, 0.717) is 24.4 Å². The summed E-state index contributed by atoms with van der Waals surface area (Å²) in [4.78, 5) is 29.6. The molecule has 0 radical (unpaired) electrons. The second-order valence-electron chi connectivity index (χ2n) is 10.1. The summed E-state index contributed by atoms with van der Waals surface area (Å²) in [6.07, 6.45) is 1.49. The molecule has 1 aliphatic heterocycles. The molecule has 0 saturated carbocycles. The molecule has 6 heteroatoms. The summed E-state index contributed by atoms with van der Waals surface area (Å²) in [5.41, 5.74) is 4.49. The molecule has 39 heavy (non-hydrogen) atoms. The van der Waals surface area contributed by atoms with Crippen molar-refractivity contribution in [2.24, 2.45) is 0 Å². The average molecular weight is 523 g/mol. The molecule has 200 valence electrons. The minimum absolute atomic E-state index is 0.00618. The SMILES string of the molecule is CC(=O)c1cc2c(C(C)=CC(=O)N3CCN(Cc4ccccc4)CC3)ccc(OC(C)c3ccccc3)c2o1. The first-order chi connectivity index (χ1) is 18.9. The highest BCUT2D eigenvalue weighted by atomic mass is 16.5. The number of benzene rings is 3. The molecule has 5 rings (SSSR count). The minimum atomic E-state index is -0.204. The Hall–Kier alpha value is -4.16. The molecular weight excluding hydrogens is 488 g/mol. The van der Waals surface area contributed by atoms with Gasteiger partial charge in [0, 0.05) is 51.1 Å². The first kappa shape index (κ1) is 26.4. The molecule has 1 saturated heterocycles. The van der Waals surface area contributed by atoms with Gasteiger partial charge in [0.15, 0.2) is 22.9 Å². The molecule has 0 aliphatic carbocycles. The topological polar surface area (TPSA) is 63.0 Å². The number of Topliss-reactive ketones (excluding diaryl/α,β-unsaturated/α-hetero) is 1. The second-order valence-corrected chi connectivity index (χ2v) is 10.1. The van der Waals surface area contributed by atoms with Gasteiger partial charge in [-0.1, -0.05) is 66.7 Å². The summed E-state index contributed by atoms with van der Waals surface area (Å²) < 4.78 is 12.2. The van der Waals surface area contributed by atoms with Crippen molar-refractivity contribution in [2.45, 2.75) is 33.4 Å². The summed E-state index contributed by atoms with van der Waals surface area (Å²) in [5.74, 6) is 0.660. The summed E-state index contributed by atoms with van der Waals surface area (Å²) in [5, 5.41) is 0.757. The normalized spacial score (nSPS) is 15.4. The Balaban J connectivity index is 1.33. The Morgan fingerprint density at radius 3 is 2.26 bits per heavy atom. The van der Waals surface area contributed by atoms with Gasteiger partial charge >= 0.3 is 0 Å². The van der Waals surface area contributed by atoms with E-state index in [9.17, 15) is 9.59 Å². The number of hydrogen-bond donors (Lipinski definition) is 0. The summed E-state index contributed by atoms with van der Waals surface area (Å²) >= 11 is 0. The van der Waals surface area contributed by atoms with Gasteiger partial charge in [0.1, 0.15) is 6.10 Å². The van der Waals surface area contributed by atoms with Crippen molar-refractivity contribution in [3.63, 3.8) is 0 Å². The van der Waals surface area contributed by atoms with Crippen LogP contribution in [-0.2, 0) is 11.3 Å². The number of amides is 1. The van der Waals surface area contributed by atoms with E-state index in [-0.39, 0.29) is 23.6 Å². The lowest BCUT2D eigenvalue weighted by atomic mass is 10.0. The van der Waals surface area contributed by atoms with Gasteiger partial charge in [-0.2, -0.15) is 0 Å². The van der Waals surface area contributed by atoms with Crippen LogP contribution in [0.1, 0.15) is 54.1 Å². The number of furan rings is 1. The van der Waals surface area contributed by atoms with Crippen molar-refractivity contribution in [2.75, 3.05) is 26.2 Å². The molecule has 3 aromatic carbocycles. The van der Waals surface area contributed by atoms with E-state index in [1.807, 2.05) is 67.3 Å². The van der Waals surface area contributed by atoms with Crippen molar-refractivity contribution >= 4 is 28.2 Å². The van der Waals surface area contributed by atoms with E-state index < -0.39 is 0 Å². The van der Waals surface area contributed by atoms with Gasteiger partial charge in [-0.3, -0.25) is 14.5 Å². The number of ketones is 1. The molecule has 6 nitrogen and oxygen atoms in total. The predicted molar refractivity (Wildman–Crippen MR) is 154 cm³/mol. The second kappa shape index (κ2) is 11.7. The fourth-order valence-electron chi connectivity index (χ4n) is 5.01. The van der Waals surface area contributed by atoms with E-state index in [1.165, 1.54) is 12.5 Å². The standard InChI is InChI=1S/C33H34N2O4/c1-23(20-32(37)35-18-16-34(17-19-35)22-26-10-6-4-7-11-26)28-14-15-30(33-29(28)21-31(39-33)24(2)36)38-25(3)27-12-8-5-9-13-27/h4-15,20-21,25H,16-19,22H2,1-3H3. The molecule has 1 aromatic heterocycles. The summed E-state index contributed by atoms with van der Waals surface area (Å²) in [7, 11) is 0. The van der Waals surface area contributed by atoms with Crippen molar-refractivity contribution in [1.82, 2.24) is 9.80 Å². The maximum Gasteiger partial charge on any atom is 0.246 e. The van der Waals surface area contributed by atoms with Crippen LogP contribution in [0, 0.1) is 0 Å². The summed E-state index contributed by atoms with van der Waals surface area (Å²) in [6, 6.07) is 25.9. The highest BCUT2D eigenvalue weighted by Gasteiger charge is 2.22. The van der Waals surface area contributed by atoms with E-state index in [4.69, 9.17) is 9.15 Å². The zero-order chi connectivity index (χ0) is 27.4. The quantitative estimate of drug-likeness (QED) is 0.195. The van der Waals surface area contributed by atoms with E-state index in [1.54, 1.807) is 12.1 Å². The zero-order valence-corrected chi connectivity index (χ0v) is 22.7. The maximum atomic E-state index is 13.2. The predicted octanol–water partition coefficient (Wildman–Crippen LogP) is 6.52. The van der Waals surface area contributed by atoms with Crippen LogP contribution in [0.25, 0.3) is 16.5 Å². The van der Waals surface area contributed by atoms with Crippen molar-refractivity contribution in [3.8, 4) is 5.75 Å². The average Bonchev–Trinajstić information content (AvgIpc) is 3.41. The highest BCUT2D eigenvalue weighted by Crippen LogP contribution is 2.37. The Morgan fingerprint density at radius 1 is 0.923 bits per heavy atom. The zero-order valence-electron chi connectivity index (χ0n) is 22.7. The third-order valence-corrected chi connectivity index (χ3v) is 7.26. The Morgan fingerprint density at radius 2 is 1.59 bits per heavy atom. The number of carbonyl (C=O) groups excluding carboxylic acids is 2. The van der Waals surface area contributed by atoms with Gasteiger partial charge in [-0.15, -0.1) is 0 Å². The number of fused-ring (bicyclic) bond motifs is 1. The van der Waals surface area contributed by atoms with Gasteiger partial charge in [0.2, 0.25) is 5.91 Å². The number of rotatable bonds is 8. The van der Waals surface area contributed by atoms with Crippen LogP contribution in [0.4, 0.5) is 0 Å². The van der Waals surface area contributed by atoms with Crippen LogP contribution in [0.3, 0.4) is 0 Å². The monoisotopic (exact) mass is 522 g/mol. The molecule has 1 atom stereocenters. The van der Waals surface area contributed by atoms with Gasteiger partial charge in [-0.05, 0) is 48.2 Å². The molecule has 1 amide bonds. The fraction of sp³-hybridized carbons (Fsp3) is 0.273. The molecule has 1 fully saturated rings. The number of nitrogens with zero attached hydrogens (tertiary/aromatic N) is 2. The molecule has 0 N–H and O–H groups in total. The number of ether oxygens (including phenoxy) is 1. The molecule has 1 aliphatic rings. The first-order valence-electron chi connectivity index (χ1n) is 13.4. The van der Waals surface area contributed by atoms with Crippen LogP contribution < -0.4 is 4.74 Å². The Bertz CT molecular complexity index is 1480. The minimum Gasteiger partial charge on any atom is -0.482 e. The molecule has 0 bridgehead atoms. The summed E-state index contributed by atoms with van der Waals surface area (Å²) in [6.45, 7) is 9.34. The first-order valence-corrected chi connectivity index (χ1v) is 13.4. The van der Waals surface area contributed by atoms with Gasteiger partial charge in [0.25, 0.3) is 0 Å². The fourth-order valence-corrected chi connectivity index (χ4v) is 5.01. The lowest BCUT2D eigenvalue weighted by molar-refractivity contribution is -0.127. The van der Waals surface area contributed by atoms with Crippen LogP contribution in [0.2, 0.25) is 0 Å². The van der Waals surface area contributed by atoms with Crippen molar-refractivity contribution in [1.29, 1.82) is 0 Å².